The second-order valence-electron chi connectivity index (χ2n) is 4.51. The van der Waals surface area contributed by atoms with Crippen LogP contribution < -0.4 is 0 Å². The standard InChI is InChI=1S/C18H16O3S/c1-21-18(20)15-8-6-14(7-9-15)17(19)12-5-13-3-10-16(22-2)11-4-13/h3-4,6-11,17,19H,1-2H3. The van der Waals surface area contributed by atoms with Crippen LogP contribution in [0.3, 0.4) is 0 Å². The molecule has 2 rings (SSSR count). The first-order valence-corrected chi connectivity index (χ1v) is 7.88. The summed E-state index contributed by atoms with van der Waals surface area (Å²) in [6.45, 7) is 0. The van der Waals surface area contributed by atoms with Gasteiger partial charge in [-0.2, -0.15) is 0 Å². The molecule has 0 radical (unpaired) electrons. The van der Waals surface area contributed by atoms with Crippen LogP contribution in [0.15, 0.2) is 53.4 Å². The number of carbonyl (C=O) groups is 1. The number of carbonyl (C=O) groups excluding carboxylic acids is 1. The second-order valence-corrected chi connectivity index (χ2v) is 5.39. The Kier molecular flexibility index (Phi) is 5.65. The fourth-order valence-corrected chi connectivity index (χ4v) is 2.24. The molecule has 0 aliphatic rings. The summed E-state index contributed by atoms with van der Waals surface area (Å²) in [4.78, 5) is 12.5. The predicted octanol–water partition coefficient (Wildman–Crippen LogP) is 3.28. The lowest BCUT2D eigenvalue weighted by molar-refractivity contribution is 0.0600. The van der Waals surface area contributed by atoms with Crippen LogP contribution in [0.25, 0.3) is 0 Å². The van der Waals surface area contributed by atoms with Crippen molar-refractivity contribution in [3.63, 3.8) is 0 Å². The average Bonchev–Trinajstić information content (AvgIpc) is 2.59. The minimum Gasteiger partial charge on any atom is -0.465 e. The van der Waals surface area contributed by atoms with Gasteiger partial charge in [0.1, 0.15) is 6.10 Å². The summed E-state index contributed by atoms with van der Waals surface area (Å²) in [5.74, 6) is 5.34. The number of benzene rings is 2. The topological polar surface area (TPSA) is 46.5 Å². The third-order valence-electron chi connectivity index (χ3n) is 3.09. The minimum absolute atomic E-state index is 0.402. The predicted molar refractivity (Wildman–Crippen MR) is 87.8 cm³/mol. The van der Waals surface area contributed by atoms with Crippen molar-refractivity contribution < 1.29 is 14.6 Å². The first-order chi connectivity index (χ1) is 10.6. The molecule has 112 valence electrons. The van der Waals surface area contributed by atoms with Crippen molar-refractivity contribution in [2.75, 3.05) is 13.4 Å². The lowest BCUT2D eigenvalue weighted by atomic mass is 10.1. The Morgan fingerprint density at radius 3 is 2.32 bits per heavy atom. The van der Waals surface area contributed by atoms with E-state index in [4.69, 9.17) is 0 Å². The number of hydrogen-bond donors (Lipinski definition) is 1. The molecule has 0 spiro atoms. The van der Waals surface area contributed by atoms with E-state index in [-0.39, 0.29) is 0 Å². The number of methoxy groups -OCH3 is 1. The molecule has 2 aromatic rings. The van der Waals surface area contributed by atoms with Gasteiger partial charge in [0.2, 0.25) is 0 Å². The lowest BCUT2D eigenvalue weighted by Gasteiger charge is -2.05. The van der Waals surface area contributed by atoms with Gasteiger partial charge >= 0.3 is 5.97 Å². The summed E-state index contributed by atoms with van der Waals surface area (Å²) in [7, 11) is 1.33. The summed E-state index contributed by atoms with van der Waals surface area (Å²) in [5, 5.41) is 10.1. The Labute approximate surface area is 134 Å². The number of rotatable bonds is 3. The van der Waals surface area contributed by atoms with Crippen molar-refractivity contribution in [2.45, 2.75) is 11.0 Å². The van der Waals surface area contributed by atoms with Crippen LogP contribution in [0.1, 0.15) is 27.6 Å². The minimum atomic E-state index is -0.896. The van der Waals surface area contributed by atoms with Crippen molar-refractivity contribution in [1.82, 2.24) is 0 Å². The van der Waals surface area contributed by atoms with E-state index in [9.17, 15) is 9.90 Å². The van der Waals surface area contributed by atoms with Crippen molar-refractivity contribution in [3.8, 4) is 11.8 Å². The fraction of sp³-hybridized carbons (Fsp3) is 0.167. The molecule has 1 atom stereocenters. The molecule has 0 aliphatic carbocycles. The molecule has 1 unspecified atom stereocenters. The smallest absolute Gasteiger partial charge is 0.337 e. The monoisotopic (exact) mass is 312 g/mol. The molecular formula is C18H16O3S. The highest BCUT2D eigenvalue weighted by molar-refractivity contribution is 7.98. The number of esters is 1. The number of thioether (sulfide) groups is 1. The molecule has 0 aromatic heterocycles. The fourth-order valence-electron chi connectivity index (χ4n) is 1.83. The van der Waals surface area contributed by atoms with E-state index in [1.807, 2.05) is 30.5 Å². The second kappa shape index (κ2) is 7.69. The van der Waals surface area contributed by atoms with Crippen LogP contribution >= 0.6 is 11.8 Å². The van der Waals surface area contributed by atoms with Crippen LogP contribution in [0.4, 0.5) is 0 Å². The third kappa shape index (κ3) is 4.14. The molecule has 0 aliphatic heterocycles. The van der Waals surface area contributed by atoms with Gasteiger partial charge in [0.05, 0.1) is 12.7 Å². The Bertz CT molecular complexity index is 694. The molecule has 0 amide bonds. The van der Waals surface area contributed by atoms with Gasteiger partial charge in [0.25, 0.3) is 0 Å². The van der Waals surface area contributed by atoms with Gasteiger partial charge in [-0.05, 0) is 48.2 Å². The van der Waals surface area contributed by atoms with Crippen LogP contribution in [0, 0.1) is 11.8 Å². The van der Waals surface area contributed by atoms with E-state index < -0.39 is 12.1 Å². The first-order valence-electron chi connectivity index (χ1n) is 6.66. The molecule has 1 N–H and O–H groups in total. The number of aliphatic hydroxyl groups is 1. The zero-order chi connectivity index (χ0) is 15.9. The molecule has 0 heterocycles. The molecule has 0 saturated heterocycles. The number of ether oxygens (including phenoxy) is 1. The number of hydrogen-bond acceptors (Lipinski definition) is 4. The SMILES string of the molecule is COC(=O)c1ccc(C(O)C#Cc2ccc(SC)cc2)cc1. The van der Waals surface area contributed by atoms with Gasteiger partial charge in [-0.1, -0.05) is 24.0 Å². The average molecular weight is 312 g/mol. The van der Waals surface area contributed by atoms with Crippen LogP contribution in [-0.2, 0) is 4.74 Å². The highest BCUT2D eigenvalue weighted by atomic mass is 32.2. The molecular weight excluding hydrogens is 296 g/mol. The molecule has 0 bridgehead atoms. The Hall–Kier alpha value is -2.22. The van der Waals surface area contributed by atoms with Gasteiger partial charge in [-0.3, -0.25) is 0 Å². The van der Waals surface area contributed by atoms with Crippen molar-refractivity contribution in [2.24, 2.45) is 0 Å². The van der Waals surface area contributed by atoms with E-state index in [1.165, 1.54) is 12.0 Å². The Morgan fingerprint density at radius 2 is 1.77 bits per heavy atom. The quantitative estimate of drug-likeness (QED) is 0.537. The van der Waals surface area contributed by atoms with Gasteiger partial charge in [-0.15, -0.1) is 11.8 Å². The zero-order valence-electron chi connectivity index (χ0n) is 12.4. The first kappa shape index (κ1) is 16.2. The van der Waals surface area contributed by atoms with Crippen LogP contribution in [0.2, 0.25) is 0 Å². The van der Waals surface area contributed by atoms with E-state index in [1.54, 1.807) is 36.0 Å². The molecule has 22 heavy (non-hydrogen) atoms. The molecule has 4 heteroatoms. The van der Waals surface area contributed by atoms with Crippen LogP contribution in [-0.4, -0.2) is 24.4 Å². The van der Waals surface area contributed by atoms with E-state index in [0.29, 0.717) is 11.1 Å². The molecule has 3 nitrogen and oxygen atoms in total. The summed E-state index contributed by atoms with van der Waals surface area (Å²) in [6.07, 6.45) is 1.12. The normalized spacial score (nSPS) is 11.2. The van der Waals surface area contributed by atoms with E-state index in [0.717, 1.165) is 5.56 Å². The largest absolute Gasteiger partial charge is 0.465 e. The summed E-state index contributed by atoms with van der Waals surface area (Å²) >= 11 is 1.67. The Morgan fingerprint density at radius 1 is 1.14 bits per heavy atom. The molecule has 0 fully saturated rings. The maximum atomic E-state index is 11.3. The van der Waals surface area contributed by atoms with Gasteiger partial charge in [0.15, 0.2) is 0 Å². The maximum absolute atomic E-state index is 11.3. The van der Waals surface area contributed by atoms with E-state index in [2.05, 4.69) is 16.6 Å². The lowest BCUT2D eigenvalue weighted by Crippen LogP contribution is -2.02. The summed E-state index contributed by atoms with van der Waals surface area (Å²) < 4.78 is 4.63. The maximum Gasteiger partial charge on any atom is 0.337 e. The Balaban J connectivity index is 2.10. The third-order valence-corrected chi connectivity index (χ3v) is 3.83. The summed E-state index contributed by atoms with van der Waals surface area (Å²) in [5.41, 5.74) is 1.93. The van der Waals surface area contributed by atoms with Crippen molar-refractivity contribution in [3.05, 3.63) is 65.2 Å². The van der Waals surface area contributed by atoms with Gasteiger partial charge in [0, 0.05) is 10.5 Å². The van der Waals surface area contributed by atoms with Crippen molar-refractivity contribution >= 4 is 17.7 Å². The van der Waals surface area contributed by atoms with Gasteiger partial charge in [-0.25, -0.2) is 4.79 Å². The summed E-state index contributed by atoms with van der Waals surface area (Å²) in [6, 6.07) is 14.4. The highest BCUT2D eigenvalue weighted by Crippen LogP contribution is 2.16. The van der Waals surface area contributed by atoms with Crippen LogP contribution in [0.5, 0.6) is 0 Å². The van der Waals surface area contributed by atoms with E-state index >= 15 is 0 Å². The zero-order valence-corrected chi connectivity index (χ0v) is 13.2. The van der Waals surface area contributed by atoms with Crippen molar-refractivity contribution in [1.29, 1.82) is 0 Å². The highest BCUT2D eigenvalue weighted by Gasteiger charge is 2.07. The molecule has 2 aromatic carbocycles. The number of aliphatic hydroxyl groups excluding tert-OH is 1. The molecule has 0 saturated carbocycles. The van der Waals surface area contributed by atoms with Gasteiger partial charge < -0.3 is 9.84 Å².